The molecule has 0 N–H and O–H groups in total. The molecule has 0 aromatic carbocycles. The Hall–Kier alpha value is 2.10. The summed E-state index contributed by atoms with van der Waals surface area (Å²) in [6.45, 7) is 0. The van der Waals surface area contributed by atoms with Gasteiger partial charge in [-0.05, 0) is 0 Å². The minimum atomic E-state index is -3.37. The summed E-state index contributed by atoms with van der Waals surface area (Å²) < 4.78 is 0. The Balaban J connectivity index is -0.0000000150. The normalized spacial score (nSPS) is 5.14. The Morgan fingerprint density at radius 1 is 0.714 bits per heavy atom. The fraction of sp³-hybridized carbons (Fsp3) is 0. The fourth-order valence-corrected chi connectivity index (χ4v) is 0. The summed E-state index contributed by atoms with van der Waals surface area (Å²) in [4.78, 5) is 25.4. The van der Waals surface area contributed by atoms with Crippen molar-refractivity contribution >= 4 is 8.60 Å². The topological polar surface area (TPSA) is 69.2 Å². The summed E-state index contributed by atoms with van der Waals surface area (Å²) in [5, 5.41) is 0. The number of hydrogen-bond donors (Lipinski definition) is 0. The van der Waals surface area contributed by atoms with Crippen molar-refractivity contribution in [3.63, 3.8) is 0 Å². The first kappa shape index (κ1) is 23.0. The molecule has 0 radical (unpaired) electrons. The van der Waals surface area contributed by atoms with Gasteiger partial charge in [-0.1, -0.05) is 0 Å². The van der Waals surface area contributed by atoms with Gasteiger partial charge in [0.2, 0.25) is 0 Å². The van der Waals surface area contributed by atoms with Crippen LogP contribution in [0.5, 0.6) is 0 Å². The van der Waals surface area contributed by atoms with E-state index in [0.29, 0.717) is 0 Å². The van der Waals surface area contributed by atoms with Gasteiger partial charge in [-0.2, -0.15) is 0 Å². The van der Waals surface area contributed by atoms with Crippen molar-refractivity contribution in [3.05, 3.63) is 0 Å². The molecule has 0 rings (SSSR count). The SMILES string of the molecule is [Li+].[Li+].[Li+].[O-]P([O-])[O-]. The van der Waals surface area contributed by atoms with Crippen LogP contribution in [0, 0.1) is 0 Å². The second-order valence-corrected chi connectivity index (χ2v) is 0.671. The molecule has 26 valence electrons. The Bertz CT molecular complexity index is 14.9. The molecular formula is Li3O3P. The van der Waals surface area contributed by atoms with Crippen LogP contribution in [0.1, 0.15) is 0 Å². The van der Waals surface area contributed by atoms with Crippen LogP contribution in [0.2, 0.25) is 0 Å². The van der Waals surface area contributed by atoms with E-state index >= 15 is 0 Å². The first-order valence-electron chi connectivity index (χ1n) is 0.548. The summed E-state index contributed by atoms with van der Waals surface area (Å²) in [5.74, 6) is 0. The van der Waals surface area contributed by atoms with Gasteiger partial charge in [-0.3, -0.25) is 0 Å². The van der Waals surface area contributed by atoms with Crippen LogP contribution in [-0.4, -0.2) is 0 Å². The third-order valence-corrected chi connectivity index (χ3v) is 0. The minimum absolute atomic E-state index is 0. The Labute approximate surface area is 79.4 Å². The monoisotopic (exact) mass is 100 g/mol. The second kappa shape index (κ2) is 15.7. The predicted molar refractivity (Wildman–Crippen MR) is 6.92 cm³/mol. The van der Waals surface area contributed by atoms with Crippen LogP contribution in [0.25, 0.3) is 0 Å². The van der Waals surface area contributed by atoms with Gasteiger partial charge in [0, 0.05) is 0 Å². The molecular weight excluding hydrogens is 99.8 g/mol. The summed E-state index contributed by atoms with van der Waals surface area (Å²) in [6.07, 6.45) is 0. The van der Waals surface area contributed by atoms with Crippen molar-refractivity contribution in [2.75, 3.05) is 0 Å². The molecule has 0 bridgehead atoms. The molecule has 0 aliphatic carbocycles. The third-order valence-electron chi connectivity index (χ3n) is 0. The van der Waals surface area contributed by atoms with Gasteiger partial charge in [0.05, 0.1) is 0 Å². The molecule has 3 nitrogen and oxygen atoms in total. The van der Waals surface area contributed by atoms with Gasteiger partial charge in [-0.25, -0.2) is 0 Å². The molecule has 0 heterocycles. The van der Waals surface area contributed by atoms with Crippen molar-refractivity contribution in [2.24, 2.45) is 0 Å². The molecule has 0 aliphatic heterocycles. The van der Waals surface area contributed by atoms with Crippen LogP contribution >= 0.6 is 8.60 Å². The van der Waals surface area contributed by atoms with Gasteiger partial charge in [-0.15, -0.1) is 0 Å². The van der Waals surface area contributed by atoms with Crippen LogP contribution in [0.15, 0.2) is 0 Å². The van der Waals surface area contributed by atoms with Gasteiger partial charge in [0.1, 0.15) is 0 Å². The molecule has 7 heteroatoms. The maximum absolute atomic E-state index is 8.48. The molecule has 0 fully saturated rings. The van der Waals surface area contributed by atoms with Crippen molar-refractivity contribution < 1.29 is 71.3 Å². The summed E-state index contributed by atoms with van der Waals surface area (Å²) in [7, 11) is -3.37. The van der Waals surface area contributed by atoms with Gasteiger partial charge in [0.15, 0.2) is 0 Å². The van der Waals surface area contributed by atoms with Gasteiger partial charge in [0.25, 0.3) is 0 Å². The summed E-state index contributed by atoms with van der Waals surface area (Å²) >= 11 is 0. The molecule has 7 heavy (non-hydrogen) atoms. The minimum Gasteiger partial charge on any atom is -0.854 e. The molecule has 0 amide bonds. The number of rotatable bonds is 0. The average molecular weight is 99.8 g/mol. The maximum atomic E-state index is 8.48. The fourth-order valence-electron chi connectivity index (χ4n) is 0. The van der Waals surface area contributed by atoms with E-state index in [0.717, 1.165) is 0 Å². The predicted octanol–water partition coefficient (Wildman–Crippen LogP) is -11.7. The Morgan fingerprint density at radius 2 is 0.714 bits per heavy atom. The largest absolute Gasteiger partial charge is 1.00 e. The van der Waals surface area contributed by atoms with Crippen molar-refractivity contribution in [1.82, 2.24) is 0 Å². The molecule has 0 spiro atoms. The Morgan fingerprint density at radius 3 is 0.714 bits per heavy atom. The standard InChI is InChI=1S/3Li.O3P/c;;;1-4(2)3/q3*+1;-3. The molecule has 0 aromatic rings. The van der Waals surface area contributed by atoms with E-state index in [9.17, 15) is 0 Å². The molecule has 0 saturated heterocycles. The molecule has 0 aromatic heterocycles. The first-order valence-corrected chi connectivity index (χ1v) is 1.64. The van der Waals surface area contributed by atoms with Gasteiger partial charge < -0.3 is 23.3 Å². The van der Waals surface area contributed by atoms with E-state index in [1.165, 1.54) is 0 Å². The van der Waals surface area contributed by atoms with Crippen LogP contribution in [0.4, 0.5) is 0 Å². The van der Waals surface area contributed by atoms with Crippen LogP contribution in [0.3, 0.4) is 0 Å². The van der Waals surface area contributed by atoms with Crippen LogP contribution in [-0.2, 0) is 0 Å². The van der Waals surface area contributed by atoms with Crippen molar-refractivity contribution in [2.45, 2.75) is 0 Å². The van der Waals surface area contributed by atoms with E-state index in [1.807, 2.05) is 0 Å². The van der Waals surface area contributed by atoms with E-state index in [1.54, 1.807) is 0 Å². The first-order chi connectivity index (χ1) is 1.73. The van der Waals surface area contributed by atoms with E-state index in [-0.39, 0.29) is 56.6 Å². The quantitative estimate of drug-likeness (QED) is 0.224. The van der Waals surface area contributed by atoms with E-state index in [4.69, 9.17) is 14.7 Å². The zero-order valence-electron chi connectivity index (χ0n) is 4.67. The number of hydrogen-bond acceptors (Lipinski definition) is 3. The average Bonchev–Trinajstić information content (AvgIpc) is 0.811. The summed E-state index contributed by atoms with van der Waals surface area (Å²) in [6, 6.07) is 0. The van der Waals surface area contributed by atoms with E-state index < -0.39 is 8.60 Å². The second-order valence-electron chi connectivity index (χ2n) is 0.224. The molecule has 0 saturated carbocycles. The zero-order valence-corrected chi connectivity index (χ0v) is 5.57. The van der Waals surface area contributed by atoms with Crippen molar-refractivity contribution in [1.29, 1.82) is 0 Å². The molecule has 0 atom stereocenters. The smallest absolute Gasteiger partial charge is 0.854 e. The van der Waals surface area contributed by atoms with Crippen LogP contribution < -0.4 is 71.3 Å². The van der Waals surface area contributed by atoms with Gasteiger partial charge >= 0.3 is 56.6 Å². The molecule has 0 unspecified atom stereocenters. The Kier molecular flexibility index (Phi) is 51.5. The third kappa shape index (κ3) is 68.3. The molecule has 0 aliphatic rings. The maximum Gasteiger partial charge on any atom is 1.00 e. The zero-order chi connectivity index (χ0) is 3.58. The van der Waals surface area contributed by atoms with E-state index in [2.05, 4.69) is 0 Å². The summed E-state index contributed by atoms with van der Waals surface area (Å²) in [5.41, 5.74) is 0. The van der Waals surface area contributed by atoms with Crippen molar-refractivity contribution in [3.8, 4) is 0 Å².